The highest BCUT2D eigenvalue weighted by molar-refractivity contribution is 7.18. The van der Waals surface area contributed by atoms with Crippen molar-refractivity contribution in [1.82, 2.24) is 10.6 Å². The molecule has 0 spiro atoms. The van der Waals surface area contributed by atoms with Crippen LogP contribution in [0.1, 0.15) is 56.8 Å². The zero-order chi connectivity index (χ0) is 26.2. The second kappa shape index (κ2) is 12.3. The molecule has 190 valence electrons. The summed E-state index contributed by atoms with van der Waals surface area (Å²) in [7, 11) is 0. The van der Waals surface area contributed by atoms with Gasteiger partial charge in [-0.05, 0) is 51.3 Å². The third kappa shape index (κ3) is 9.40. The SMILES string of the molecule is CC(NC(=O)C(NC(=O)OC(C)(C)C)C(C)C)C(=O)Nc1ccc(C(=O)OCc2ccccc2)s1. The van der Waals surface area contributed by atoms with Crippen LogP contribution in [0.4, 0.5) is 9.80 Å². The number of anilines is 1. The molecule has 0 bridgehead atoms. The molecule has 2 atom stereocenters. The lowest BCUT2D eigenvalue weighted by molar-refractivity contribution is -0.128. The van der Waals surface area contributed by atoms with Gasteiger partial charge in [0.05, 0.1) is 5.00 Å². The minimum atomic E-state index is -0.889. The number of carbonyl (C=O) groups is 4. The number of benzene rings is 1. The maximum Gasteiger partial charge on any atom is 0.408 e. The highest BCUT2D eigenvalue weighted by Crippen LogP contribution is 2.23. The second-order valence-electron chi connectivity index (χ2n) is 9.31. The first-order valence-electron chi connectivity index (χ1n) is 11.3. The number of hydrogen-bond acceptors (Lipinski definition) is 7. The molecule has 3 amide bonds. The molecule has 1 aromatic heterocycles. The van der Waals surface area contributed by atoms with Crippen LogP contribution < -0.4 is 16.0 Å². The van der Waals surface area contributed by atoms with Gasteiger partial charge in [-0.3, -0.25) is 9.59 Å². The topological polar surface area (TPSA) is 123 Å². The zero-order valence-electron chi connectivity index (χ0n) is 20.8. The summed E-state index contributed by atoms with van der Waals surface area (Å²) in [5, 5.41) is 8.28. The summed E-state index contributed by atoms with van der Waals surface area (Å²) in [4.78, 5) is 50.0. The maximum atomic E-state index is 12.7. The van der Waals surface area contributed by atoms with Crippen molar-refractivity contribution in [3.05, 3.63) is 52.9 Å². The molecule has 1 heterocycles. The van der Waals surface area contributed by atoms with Crippen LogP contribution in [0, 0.1) is 5.92 Å². The molecule has 2 aromatic rings. The largest absolute Gasteiger partial charge is 0.457 e. The van der Waals surface area contributed by atoms with Crippen LogP contribution >= 0.6 is 11.3 Å². The number of nitrogens with one attached hydrogen (secondary N) is 3. The van der Waals surface area contributed by atoms with E-state index in [2.05, 4.69) is 16.0 Å². The first kappa shape index (κ1) is 27.8. The molecule has 0 saturated carbocycles. The summed E-state index contributed by atoms with van der Waals surface area (Å²) in [6, 6.07) is 10.7. The highest BCUT2D eigenvalue weighted by Gasteiger charge is 2.29. The third-order valence-corrected chi connectivity index (χ3v) is 5.62. The molecule has 2 unspecified atom stereocenters. The number of ether oxygens (including phenoxy) is 2. The Hall–Kier alpha value is -3.40. The van der Waals surface area contributed by atoms with E-state index in [1.54, 1.807) is 46.8 Å². The smallest absolute Gasteiger partial charge is 0.408 e. The Bertz CT molecular complexity index is 1030. The monoisotopic (exact) mass is 503 g/mol. The second-order valence-corrected chi connectivity index (χ2v) is 10.4. The fourth-order valence-corrected chi connectivity index (χ4v) is 3.68. The molecule has 0 saturated heterocycles. The minimum absolute atomic E-state index is 0.149. The third-order valence-electron chi connectivity index (χ3n) is 4.64. The molecule has 3 N–H and O–H groups in total. The first-order valence-corrected chi connectivity index (χ1v) is 12.1. The molecule has 0 aliphatic heterocycles. The molecule has 0 aliphatic carbocycles. The summed E-state index contributed by atoms with van der Waals surface area (Å²) < 4.78 is 10.5. The highest BCUT2D eigenvalue weighted by atomic mass is 32.1. The van der Waals surface area contributed by atoms with E-state index in [0.29, 0.717) is 9.88 Å². The predicted molar refractivity (Wildman–Crippen MR) is 134 cm³/mol. The molecule has 35 heavy (non-hydrogen) atoms. The van der Waals surface area contributed by atoms with E-state index in [-0.39, 0.29) is 12.5 Å². The average Bonchev–Trinajstić information content (AvgIpc) is 3.23. The average molecular weight is 504 g/mol. The number of thiophene rings is 1. The van der Waals surface area contributed by atoms with Crippen LogP contribution in [0.5, 0.6) is 0 Å². The Labute approximate surface area is 209 Å². The van der Waals surface area contributed by atoms with Crippen LogP contribution in [0.25, 0.3) is 0 Å². The Morgan fingerprint density at radius 3 is 2.17 bits per heavy atom. The summed E-state index contributed by atoms with van der Waals surface area (Å²) in [6.07, 6.45) is -0.714. The van der Waals surface area contributed by atoms with Crippen molar-refractivity contribution >= 4 is 40.2 Å². The van der Waals surface area contributed by atoms with Crippen LogP contribution in [-0.4, -0.2) is 41.6 Å². The van der Waals surface area contributed by atoms with Gasteiger partial charge in [0.25, 0.3) is 0 Å². The zero-order valence-corrected chi connectivity index (χ0v) is 21.7. The number of esters is 1. The standard InChI is InChI=1S/C25H33N3O6S/c1-15(2)20(28-24(32)34-25(4,5)6)22(30)26-16(3)21(29)27-19-13-12-18(35-19)23(31)33-14-17-10-8-7-9-11-17/h7-13,15-16,20H,14H2,1-6H3,(H,26,30)(H,27,29)(H,28,32). The van der Waals surface area contributed by atoms with Crippen LogP contribution in [-0.2, 0) is 25.7 Å². The van der Waals surface area contributed by atoms with E-state index >= 15 is 0 Å². The Morgan fingerprint density at radius 2 is 1.57 bits per heavy atom. The first-order chi connectivity index (χ1) is 16.4. The molecule has 10 heteroatoms. The van der Waals surface area contributed by atoms with Gasteiger partial charge in [0.15, 0.2) is 0 Å². The van der Waals surface area contributed by atoms with Crippen LogP contribution in [0.15, 0.2) is 42.5 Å². The fourth-order valence-electron chi connectivity index (χ4n) is 2.88. The van der Waals surface area contributed by atoms with Gasteiger partial charge in [0.1, 0.15) is 29.2 Å². The van der Waals surface area contributed by atoms with E-state index in [9.17, 15) is 19.2 Å². The lowest BCUT2D eigenvalue weighted by Gasteiger charge is -2.26. The Balaban J connectivity index is 1.89. The number of alkyl carbamates (subject to hydrolysis) is 1. The van der Waals surface area contributed by atoms with Crippen LogP contribution in [0.3, 0.4) is 0 Å². The minimum Gasteiger partial charge on any atom is -0.457 e. The van der Waals surface area contributed by atoms with Crippen LogP contribution in [0.2, 0.25) is 0 Å². The summed E-state index contributed by atoms with van der Waals surface area (Å²) in [5.74, 6) is -1.71. The molecule has 0 aliphatic rings. The van der Waals surface area contributed by atoms with Gasteiger partial charge < -0.3 is 25.4 Å². The van der Waals surface area contributed by atoms with Crippen molar-refractivity contribution in [1.29, 1.82) is 0 Å². The molecule has 1 aromatic carbocycles. The van der Waals surface area contributed by atoms with Gasteiger partial charge in [-0.25, -0.2) is 9.59 Å². The van der Waals surface area contributed by atoms with E-state index in [1.807, 2.05) is 30.3 Å². The summed E-state index contributed by atoms with van der Waals surface area (Å²) in [6.45, 7) is 10.4. The number of hydrogen-bond donors (Lipinski definition) is 3. The van der Waals surface area contributed by atoms with Crippen molar-refractivity contribution in [2.75, 3.05) is 5.32 Å². The summed E-state index contributed by atoms with van der Waals surface area (Å²) in [5.41, 5.74) is 0.166. The van der Waals surface area contributed by atoms with E-state index < -0.39 is 41.6 Å². The number of rotatable bonds is 9. The molecule has 0 radical (unpaired) electrons. The van der Waals surface area contributed by atoms with Crippen molar-refractivity contribution in [2.45, 2.75) is 65.8 Å². The van der Waals surface area contributed by atoms with Gasteiger partial charge in [-0.2, -0.15) is 0 Å². The van der Waals surface area contributed by atoms with Crippen molar-refractivity contribution in [3.8, 4) is 0 Å². The quantitative estimate of drug-likeness (QED) is 0.443. The van der Waals surface area contributed by atoms with Gasteiger partial charge >= 0.3 is 12.1 Å². The van der Waals surface area contributed by atoms with Gasteiger partial charge in [0.2, 0.25) is 11.8 Å². The van der Waals surface area contributed by atoms with Gasteiger partial charge in [-0.15, -0.1) is 11.3 Å². The van der Waals surface area contributed by atoms with Crippen molar-refractivity contribution in [3.63, 3.8) is 0 Å². The Kier molecular flexibility index (Phi) is 9.82. The molecule has 2 rings (SSSR count). The normalized spacial score (nSPS) is 12.9. The molecule has 0 fully saturated rings. The number of carbonyl (C=O) groups excluding carboxylic acids is 4. The van der Waals surface area contributed by atoms with Crippen molar-refractivity contribution < 1.29 is 28.7 Å². The van der Waals surface area contributed by atoms with Gasteiger partial charge in [-0.1, -0.05) is 44.2 Å². The van der Waals surface area contributed by atoms with E-state index in [1.165, 1.54) is 6.92 Å². The molecular weight excluding hydrogens is 470 g/mol. The molecule has 9 nitrogen and oxygen atoms in total. The van der Waals surface area contributed by atoms with Crippen molar-refractivity contribution in [2.24, 2.45) is 5.92 Å². The predicted octanol–water partition coefficient (Wildman–Crippen LogP) is 4.10. The van der Waals surface area contributed by atoms with E-state index in [0.717, 1.165) is 16.9 Å². The Morgan fingerprint density at radius 1 is 0.914 bits per heavy atom. The van der Waals surface area contributed by atoms with E-state index in [4.69, 9.17) is 9.47 Å². The fraction of sp³-hybridized carbons (Fsp3) is 0.440. The maximum absolute atomic E-state index is 12.7. The van der Waals surface area contributed by atoms with Gasteiger partial charge in [0, 0.05) is 0 Å². The lowest BCUT2D eigenvalue weighted by atomic mass is 10.0. The number of amides is 3. The summed E-state index contributed by atoms with van der Waals surface area (Å²) >= 11 is 1.07. The molecular formula is C25H33N3O6S. The lowest BCUT2D eigenvalue weighted by Crippen LogP contribution is -2.54.